The van der Waals surface area contributed by atoms with Crippen LogP contribution in [0.4, 0.5) is 5.69 Å². The number of carbonyl (C=O) groups is 4. The van der Waals surface area contributed by atoms with Gasteiger partial charge in [0, 0.05) is 42.8 Å². The molecular formula is C28H41N5O7. The molecule has 4 amide bonds. The second-order valence-corrected chi connectivity index (χ2v) is 10.5. The summed E-state index contributed by atoms with van der Waals surface area (Å²) in [6.45, 7) is 3.82. The van der Waals surface area contributed by atoms with Crippen molar-refractivity contribution >= 4 is 29.3 Å². The zero-order valence-corrected chi connectivity index (χ0v) is 23.0. The Bertz CT molecular complexity index is 1040. The van der Waals surface area contributed by atoms with Crippen LogP contribution in [0.3, 0.4) is 0 Å². The van der Waals surface area contributed by atoms with Gasteiger partial charge in [0.1, 0.15) is 6.04 Å². The molecule has 1 aromatic rings. The van der Waals surface area contributed by atoms with Crippen LogP contribution < -0.4 is 21.7 Å². The van der Waals surface area contributed by atoms with Crippen LogP contribution in [0, 0.1) is 0 Å². The SMILES string of the molecule is NC1CCC(NCCOCCOCCOCCC(=O)Nc2ccc3c(c2)CN(C2CCC(=O)NC2=O)C3=O)CC1. The smallest absolute Gasteiger partial charge is 0.255 e. The molecule has 0 radical (unpaired) electrons. The summed E-state index contributed by atoms with van der Waals surface area (Å²) in [7, 11) is 0. The van der Waals surface area contributed by atoms with Gasteiger partial charge >= 0.3 is 0 Å². The van der Waals surface area contributed by atoms with E-state index in [-0.39, 0.29) is 43.7 Å². The Morgan fingerprint density at radius 2 is 1.65 bits per heavy atom. The molecule has 0 spiro atoms. The third kappa shape index (κ3) is 8.80. The molecule has 220 valence electrons. The number of ether oxygens (including phenoxy) is 3. The molecule has 2 heterocycles. The van der Waals surface area contributed by atoms with Gasteiger partial charge in [0.15, 0.2) is 0 Å². The Hall–Kier alpha value is -2.90. The third-order valence-corrected chi connectivity index (χ3v) is 7.48. The van der Waals surface area contributed by atoms with Gasteiger partial charge in [-0.2, -0.15) is 0 Å². The molecule has 0 bridgehead atoms. The molecule has 12 nitrogen and oxygen atoms in total. The first-order valence-electron chi connectivity index (χ1n) is 14.2. The van der Waals surface area contributed by atoms with E-state index in [2.05, 4.69) is 16.0 Å². The minimum absolute atomic E-state index is 0.182. The van der Waals surface area contributed by atoms with Gasteiger partial charge in [0.2, 0.25) is 17.7 Å². The highest BCUT2D eigenvalue weighted by Crippen LogP contribution is 2.29. The van der Waals surface area contributed by atoms with Crippen molar-refractivity contribution in [1.82, 2.24) is 15.5 Å². The van der Waals surface area contributed by atoms with Crippen LogP contribution in [0.2, 0.25) is 0 Å². The van der Waals surface area contributed by atoms with Gasteiger partial charge in [-0.1, -0.05) is 0 Å². The second-order valence-electron chi connectivity index (χ2n) is 10.5. The predicted octanol–water partition coefficient (Wildman–Crippen LogP) is 0.686. The molecule has 1 saturated heterocycles. The maximum absolute atomic E-state index is 12.8. The predicted molar refractivity (Wildman–Crippen MR) is 146 cm³/mol. The van der Waals surface area contributed by atoms with E-state index < -0.39 is 11.9 Å². The number of carbonyl (C=O) groups excluding carboxylic acids is 4. The highest BCUT2D eigenvalue weighted by molar-refractivity contribution is 6.05. The lowest BCUT2D eigenvalue weighted by Crippen LogP contribution is -2.52. The first kappa shape index (κ1) is 30.1. The maximum atomic E-state index is 12.8. The lowest BCUT2D eigenvalue weighted by atomic mass is 9.92. The summed E-state index contributed by atoms with van der Waals surface area (Å²) in [6, 6.07) is 5.31. The summed E-state index contributed by atoms with van der Waals surface area (Å²) in [5.41, 5.74) is 7.73. The average molecular weight is 560 g/mol. The molecule has 3 aliphatic rings. The van der Waals surface area contributed by atoms with Gasteiger partial charge in [-0.05, 0) is 55.9 Å². The number of amides is 4. The number of nitrogens with two attached hydrogens (primary N) is 1. The van der Waals surface area contributed by atoms with Crippen molar-refractivity contribution in [2.75, 3.05) is 51.5 Å². The zero-order chi connectivity index (χ0) is 28.3. The quantitative estimate of drug-likeness (QED) is 0.179. The molecule has 2 fully saturated rings. The van der Waals surface area contributed by atoms with E-state index in [0.717, 1.165) is 37.8 Å². The Kier molecular flexibility index (Phi) is 11.4. The first-order chi connectivity index (χ1) is 19.4. The number of hydrogen-bond acceptors (Lipinski definition) is 9. The Morgan fingerprint density at radius 1 is 0.950 bits per heavy atom. The molecule has 2 aliphatic heterocycles. The van der Waals surface area contributed by atoms with Crippen molar-refractivity contribution in [2.24, 2.45) is 5.73 Å². The molecule has 12 heteroatoms. The largest absolute Gasteiger partial charge is 0.379 e. The maximum Gasteiger partial charge on any atom is 0.255 e. The topological polar surface area (TPSA) is 161 Å². The summed E-state index contributed by atoms with van der Waals surface area (Å²) < 4.78 is 16.6. The number of nitrogens with zero attached hydrogens (tertiary/aromatic N) is 1. The van der Waals surface area contributed by atoms with Crippen molar-refractivity contribution in [3.63, 3.8) is 0 Å². The highest BCUT2D eigenvalue weighted by Gasteiger charge is 2.39. The molecule has 1 saturated carbocycles. The minimum atomic E-state index is -0.668. The number of hydrogen-bond donors (Lipinski definition) is 4. The molecule has 1 unspecified atom stereocenters. The number of imide groups is 1. The van der Waals surface area contributed by atoms with Gasteiger partial charge in [-0.15, -0.1) is 0 Å². The zero-order valence-electron chi connectivity index (χ0n) is 23.0. The van der Waals surface area contributed by atoms with Gasteiger partial charge in [0.25, 0.3) is 5.91 Å². The van der Waals surface area contributed by atoms with Crippen LogP contribution in [-0.4, -0.2) is 92.8 Å². The Balaban J connectivity index is 1.02. The van der Waals surface area contributed by atoms with E-state index in [4.69, 9.17) is 19.9 Å². The van der Waals surface area contributed by atoms with Gasteiger partial charge in [0.05, 0.1) is 46.1 Å². The van der Waals surface area contributed by atoms with Gasteiger partial charge in [-0.3, -0.25) is 24.5 Å². The van der Waals surface area contributed by atoms with Crippen molar-refractivity contribution in [3.05, 3.63) is 29.3 Å². The van der Waals surface area contributed by atoms with Crippen LogP contribution >= 0.6 is 0 Å². The Morgan fingerprint density at radius 3 is 2.38 bits per heavy atom. The molecule has 1 aliphatic carbocycles. The fraction of sp³-hybridized carbons (Fsp3) is 0.643. The summed E-state index contributed by atoms with van der Waals surface area (Å²) in [5, 5.41) is 8.62. The number of anilines is 1. The van der Waals surface area contributed by atoms with Gasteiger partial charge in [-0.25, -0.2) is 0 Å². The summed E-state index contributed by atoms with van der Waals surface area (Å²) >= 11 is 0. The number of nitrogens with one attached hydrogen (secondary N) is 3. The van der Waals surface area contributed by atoms with E-state index in [1.54, 1.807) is 18.2 Å². The standard InChI is InChI=1S/C28H41N5O7/c29-20-1-3-21(4-2-20)30-10-12-39-14-16-40-15-13-38-11-9-26(35)31-22-5-6-23-19(17-22)18-33(28(23)37)24-7-8-25(34)32-27(24)36/h5-6,17,20-21,24,30H,1-4,7-16,18,29H2,(H,31,35)(H,32,34,36). The summed E-state index contributed by atoms with van der Waals surface area (Å²) in [4.78, 5) is 50.2. The van der Waals surface area contributed by atoms with Crippen LogP contribution in [-0.2, 0) is 35.1 Å². The van der Waals surface area contributed by atoms with Crippen LogP contribution in [0.5, 0.6) is 0 Å². The third-order valence-electron chi connectivity index (χ3n) is 7.48. The van der Waals surface area contributed by atoms with Crippen molar-refractivity contribution in [3.8, 4) is 0 Å². The van der Waals surface area contributed by atoms with Crippen molar-refractivity contribution in [2.45, 2.75) is 69.6 Å². The Labute approximate surface area is 234 Å². The summed E-state index contributed by atoms with van der Waals surface area (Å²) in [5.74, 6) is -1.22. The van der Waals surface area contributed by atoms with Crippen molar-refractivity contribution in [1.29, 1.82) is 0 Å². The van der Waals surface area contributed by atoms with Crippen molar-refractivity contribution < 1.29 is 33.4 Å². The van der Waals surface area contributed by atoms with E-state index in [0.29, 0.717) is 62.8 Å². The lowest BCUT2D eigenvalue weighted by Gasteiger charge is -2.29. The lowest BCUT2D eigenvalue weighted by molar-refractivity contribution is -0.137. The van der Waals surface area contributed by atoms with Gasteiger partial charge < -0.3 is 35.5 Å². The normalized spacial score (nSPS) is 22.8. The van der Waals surface area contributed by atoms with Crippen LogP contribution in [0.15, 0.2) is 18.2 Å². The molecule has 5 N–H and O–H groups in total. The molecule has 4 rings (SSSR count). The first-order valence-corrected chi connectivity index (χ1v) is 14.2. The van der Waals surface area contributed by atoms with Crippen LogP contribution in [0.25, 0.3) is 0 Å². The average Bonchev–Trinajstić information content (AvgIpc) is 3.25. The van der Waals surface area contributed by atoms with E-state index in [1.165, 1.54) is 4.90 Å². The fourth-order valence-corrected chi connectivity index (χ4v) is 5.24. The summed E-state index contributed by atoms with van der Waals surface area (Å²) in [6.07, 6.45) is 5.14. The molecule has 1 atom stereocenters. The molecule has 40 heavy (non-hydrogen) atoms. The van der Waals surface area contributed by atoms with Crippen LogP contribution in [0.1, 0.15) is 60.9 Å². The number of fused-ring (bicyclic) bond motifs is 1. The number of benzene rings is 1. The van der Waals surface area contributed by atoms with E-state index in [9.17, 15) is 19.2 Å². The van der Waals surface area contributed by atoms with E-state index in [1.807, 2.05) is 0 Å². The molecular weight excluding hydrogens is 518 g/mol. The minimum Gasteiger partial charge on any atom is -0.379 e. The fourth-order valence-electron chi connectivity index (χ4n) is 5.24. The number of piperidine rings is 1. The monoisotopic (exact) mass is 559 g/mol. The van der Waals surface area contributed by atoms with E-state index >= 15 is 0 Å². The molecule has 1 aromatic carbocycles. The highest BCUT2D eigenvalue weighted by atomic mass is 16.5. The molecule has 0 aromatic heterocycles. The number of rotatable bonds is 15. The second kappa shape index (κ2) is 15.2.